The Bertz CT molecular complexity index is 346. The summed E-state index contributed by atoms with van der Waals surface area (Å²) >= 11 is 3.47. The third-order valence-electron chi connectivity index (χ3n) is 3.55. The van der Waals surface area contributed by atoms with Gasteiger partial charge in [-0.15, -0.1) is 0 Å². The first-order valence-corrected chi connectivity index (χ1v) is 7.59. The van der Waals surface area contributed by atoms with E-state index in [9.17, 15) is 0 Å². The zero-order valence-corrected chi connectivity index (χ0v) is 12.6. The van der Waals surface area contributed by atoms with Gasteiger partial charge in [0.1, 0.15) is 0 Å². The van der Waals surface area contributed by atoms with Crippen molar-refractivity contribution in [2.24, 2.45) is 5.92 Å². The molecule has 0 radical (unpaired) electrons. The van der Waals surface area contributed by atoms with E-state index in [1.54, 1.807) is 0 Å². The second-order valence-corrected chi connectivity index (χ2v) is 6.11. The predicted octanol–water partition coefficient (Wildman–Crippen LogP) is 3.40. The summed E-state index contributed by atoms with van der Waals surface area (Å²) in [5, 5.41) is 3.65. The van der Waals surface area contributed by atoms with E-state index in [0.717, 1.165) is 36.6 Å². The zero-order valence-electron chi connectivity index (χ0n) is 11.0. The number of benzene rings is 1. The molecule has 1 N–H and O–H groups in total. The van der Waals surface area contributed by atoms with Crippen molar-refractivity contribution in [3.8, 4) is 0 Å². The zero-order chi connectivity index (χ0) is 12.8. The Morgan fingerprint density at radius 2 is 1.94 bits per heavy atom. The Hall–Kier alpha value is -0.380. The number of halogens is 1. The third kappa shape index (κ3) is 4.71. The molecule has 0 aliphatic carbocycles. The lowest BCUT2D eigenvalue weighted by Crippen LogP contribution is -2.34. The Morgan fingerprint density at radius 3 is 2.61 bits per heavy atom. The SMILES string of the molecule is CC(Cc1ccc(Br)cc1)NCC1CCOCC1. The van der Waals surface area contributed by atoms with Crippen LogP contribution in [0.4, 0.5) is 0 Å². The van der Waals surface area contributed by atoms with Gasteiger partial charge in [0.15, 0.2) is 0 Å². The van der Waals surface area contributed by atoms with Gasteiger partial charge in [0.05, 0.1) is 0 Å². The van der Waals surface area contributed by atoms with E-state index in [1.165, 1.54) is 18.4 Å². The smallest absolute Gasteiger partial charge is 0.0469 e. The molecule has 0 amide bonds. The Morgan fingerprint density at radius 1 is 1.28 bits per heavy atom. The molecular formula is C15H22BrNO. The van der Waals surface area contributed by atoms with Gasteiger partial charge in [0.25, 0.3) is 0 Å². The lowest BCUT2D eigenvalue weighted by atomic mass is 9.99. The van der Waals surface area contributed by atoms with Crippen molar-refractivity contribution in [3.63, 3.8) is 0 Å². The molecule has 1 aliphatic heterocycles. The molecule has 1 fully saturated rings. The highest BCUT2D eigenvalue weighted by atomic mass is 79.9. The van der Waals surface area contributed by atoms with Gasteiger partial charge in [-0.25, -0.2) is 0 Å². The summed E-state index contributed by atoms with van der Waals surface area (Å²) in [5.41, 5.74) is 1.39. The molecule has 1 aliphatic rings. The highest BCUT2D eigenvalue weighted by Gasteiger charge is 2.14. The maximum Gasteiger partial charge on any atom is 0.0469 e. The molecule has 1 saturated heterocycles. The summed E-state index contributed by atoms with van der Waals surface area (Å²) in [6.45, 7) is 5.27. The average Bonchev–Trinajstić information content (AvgIpc) is 2.40. The van der Waals surface area contributed by atoms with Crippen LogP contribution >= 0.6 is 15.9 Å². The summed E-state index contributed by atoms with van der Waals surface area (Å²) in [5.74, 6) is 0.797. The minimum Gasteiger partial charge on any atom is -0.381 e. The van der Waals surface area contributed by atoms with Crippen molar-refractivity contribution in [2.45, 2.75) is 32.2 Å². The van der Waals surface area contributed by atoms with Gasteiger partial charge in [-0.3, -0.25) is 0 Å². The van der Waals surface area contributed by atoms with Gasteiger partial charge in [-0.2, -0.15) is 0 Å². The van der Waals surface area contributed by atoms with Gasteiger partial charge in [0, 0.05) is 23.7 Å². The van der Waals surface area contributed by atoms with Crippen molar-refractivity contribution in [1.82, 2.24) is 5.32 Å². The first-order chi connectivity index (χ1) is 8.74. The maximum atomic E-state index is 5.38. The Labute approximate surface area is 118 Å². The third-order valence-corrected chi connectivity index (χ3v) is 4.08. The molecule has 2 nitrogen and oxygen atoms in total. The summed E-state index contributed by atoms with van der Waals surface area (Å²) < 4.78 is 6.53. The number of hydrogen-bond acceptors (Lipinski definition) is 2. The van der Waals surface area contributed by atoms with E-state index in [0.29, 0.717) is 6.04 Å². The largest absolute Gasteiger partial charge is 0.381 e. The summed E-state index contributed by atoms with van der Waals surface area (Å²) in [6, 6.07) is 9.14. The van der Waals surface area contributed by atoms with Gasteiger partial charge in [-0.1, -0.05) is 28.1 Å². The van der Waals surface area contributed by atoms with Crippen LogP contribution in [0, 0.1) is 5.92 Å². The van der Waals surface area contributed by atoms with Crippen LogP contribution in [0.2, 0.25) is 0 Å². The van der Waals surface area contributed by atoms with Crippen LogP contribution in [0.1, 0.15) is 25.3 Å². The van der Waals surface area contributed by atoms with Gasteiger partial charge in [0.2, 0.25) is 0 Å². The highest BCUT2D eigenvalue weighted by molar-refractivity contribution is 9.10. The lowest BCUT2D eigenvalue weighted by molar-refractivity contribution is 0.0656. The molecule has 1 atom stereocenters. The van der Waals surface area contributed by atoms with Crippen LogP contribution in [-0.4, -0.2) is 25.8 Å². The first kappa shape index (κ1) is 14.0. The molecule has 0 aromatic heterocycles. The van der Waals surface area contributed by atoms with Crippen molar-refractivity contribution in [1.29, 1.82) is 0 Å². The minimum absolute atomic E-state index is 0.536. The van der Waals surface area contributed by atoms with E-state index < -0.39 is 0 Å². The quantitative estimate of drug-likeness (QED) is 0.900. The average molecular weight is 312 g/mol. The second kappa shape index (κ2) is 7.27. The number of rotatable bonds is 5. The predicted molar refractivity (Wildman–Crippen MR) is 78.9 cm³/mol. The van der Waals surface area contributed by atoms with Gasteiger partial charge in [-0.05, 0) is 56.3 Å². The van der Waals surface area contributed by atoms with E-state index in [1.807, 2.05) is 0 Å². The lowest BCUT2D eigenvalue weighted by Gasteiger charge is -2.24. The molecule has 1 unspecified atom stereocenters. The molecule has 100 valence electrons. The maximum absolute atomic E-state index is 5.38. The fraction of sp³-hybridized carbons (Fsp3) is 0.600. The van der Waals surface area contributed by atoms with Crippen molar-refractivity contribution < 1.29 is 4.74 Å². The molecule has 0 spiro atoms. The standard InChI is InChI=1S/C15H22BrNO/c1-12(10-13-2-4-15(16)5-3-13)17-11-14-6-8-18-9-7-14/h2-5,12,14,17H,6-11H2,1H3. The molecule has 0 bridgehead atoms. The first-order valence-electron chi connectivity index (χ1n) is 6.79. The van der Waals surface area contributed by atoms with Crippen LogP contribution in [-0.2, 0) is 11.2 Å². The van der Waals surface area contributed by atoms with E-state index in [2.05, 4.69) is 52.4 Å². The number of ether oxygens (including phenoxy) is 1. The van der Waals surface area contributed by atoms with E-state index in [4.69, 9.17) is 4.74 Å². The molecular weight excluding hydrogens is 290 g/mol. The van der Waals surface area contributed by atoms with Gasteiger partial charge >= 0.3 is 0 Å². The van der Waals surface area contributed by atoms with E-state index >= 15 is 0 Å². The molecule has 3 heteroatoms. The fourth-order valence-corrected chi connectivity index (χ4v) is 2.63. The Balaban J connectivity index is 1.71. The molecule has 1 aromatic rings. The summed E-state index contributed by atoms with van der Waals surface area (Å²) in [4.78, 5) is 0. The number of nitrogens with one attached hydrogen (secondary N) is 1. The van der Waals surface area contributed by atoms with Crippen molar-refractivity contribution in [2.75, 3.05) is 19.8 Å². The molecule has 0 saturated carbocycles. The topological polar surface area (TPSA) is 21.3 Å². The van der Waals surface area contributed by atoms with Crippen LogP contribution in [0.15, 0.2) is 28.7 Å². The molecule has 1 heterocycles. The summed E-state index contributed by atoms with van der Waals surface area (Å²) in [7, 11) is 0. The second-order valence-electron chi connectivity index (χ2n) is 5.20. The van der Waals surface area contributed by atoms with Crippen LogP contribution in [0.5, 0.6) is 0 Å². The number of hydrogen-bond donors (Lipinski definition) is 1. The van der Waals surface area contributed by atoms with Gasteiger partial charge < -0.3 is 10.1 Å². The monoisotopic (exact) mass is 311 g/mol. The van der Waals surface area contributed by atoms with Crippen molar-refractivity contribution in [3.05, 3.63) is 34.3 Å². The molecule has 1 aromatic carbocycles. The normalized spacial score (nSPS) is 18.8. The fourth-order valence-electron chi connectivity index (χ4n) is 2.36. The van der Waals surface area contributed by atoms with Crippen LogP contribution in [0.25, 0.3) is 0 Å². The molecule has 18 heavy (non-hydrogen) atoms. The Kier molecular flexibility index (Phi) is 5.67. The van der Waals surface area contributed by atoms with E-state index in [-0.39, 0.29) is 0 Å². The minimum atomic E-state index is 0.536. The summed E-state index contributed by atoms with van der Waals surface area (Å²) in [6.07, 6.45) is 3.51. The molecule has 2 rings (SSSR count). The highest BCUT2D eigenvalue weighted by Crippen LogP contribution is 2.14. The van der Waals surface area contributed by atoms with Crippen molar-refractivity contribution >= 4 is 15.9 Å². The van der Waals surface area contributed by atoms with Crippen LogP contribution < -0.4 is 5.32 Å². The van der Waals surface area contributed by atoms with Crippen LogP contribution in [0.3, 0.4) is 0 Å².